The number of ether oxygens (including phenoxy) is 1. The van der Waals surface area contributed by atoms with E-state index in [1.807, 2.05) is 23.7 Å². The van der Waals surface area contributed by atoms with Crippen LogP contribution in [0.2, 0.25) is 0 Å². The largest absolute Gasteiger partial charge is 0.381 e. The molecule has 1 aliphatic carbocycles. The summed E-state index contributed by atoms with van der Waals surface area (Å²) in [5, 5.41) is 0.726. The lowest BCUT2D eigenvalue weighted by Crippen LogP contribution is -2.52. The van der Waals surface area contributed by atoms with E-state index in [2.05, 4.69) is 6.92 Å². The predicted octanol–water partition coefficient (Wildman–Crippen LogP) is 1.87. The molecule has 2 rings (SSSR count). The highest BCUT2D eigenvalue weighted by Crippen LogP contribution is 2.36. The third-order valence-corrected chi connectivity index (χ3v) is 6.15. The Hall–Kier alpha value is -0.260. The Labute approximate surface area is 126 Å². The standard InChI is InChI=1S/C15H28N2O2S/c1-3-20-13-5-4-12(10-13)17(2)14(18)15(11-16)6-8-19-9-7-15/h12-13H,3-11,16H2,1-2H3. The molecule has 1 saturated carbocycles. The number of hydrogen-bond acceptors (Lipinski definition) is 4. The zero-order chi connectivity index (χ0) is 14.6. The molecule has 1 aliphatic heterocycles. The average molecular weight is 300 g/mol. The first-order valence-electron chi connectivity index (χ1n) is 7.79. The van der Waals surface area contributed by atoms with E-state index < -0.39 is 0 Å². The molecule has 2 aliphatic rings. The van der Waals surface area contributed by atoms with E-state index >= 15 is 0 Å². The van der Waals surface area contributed by atoms with Crippen LogP contribution in [0.1, 0.15) is 39.0 Å². The van der Waals surface area contributed by atoms with Crippen molar-refractivity contribution in [3.63, 3.8) is 0 Å². The van der Waals surface area contributed by atoms with Gasteiger partial charge in [-0.3, -0.25) is 4.79 Å². The molecule has 2 unspecified atom stereocenters. The number of carbonyl (C=O) groups excluding carboxylic acids is 1. The number of carbonyl (C=O) groups is 1. The minimum absolute atomic E-state index is 0.246. The second kappa shape index (κ2) is 7.14. The summed E-state index contributed by atoms with van der Waals surface area (Å²) in [4.78, 5) is 14.9. The molecule has 0 bridgehead atoms. The summed E-state index contributed by atoms with van der Waals surface area (Å²) < 4.78 is 5.40. The predicted molar refractivity (Wildman–Crippen MR) is 83.9 cm³/mol. The lowest BCUT2D eigenvalue weighted by atomic mass is 9.78. The molecule has 2 fully saturated rings. The highest BCUT2D eigenvalue weighted by molar-refractivity contribution is 7.99. The van der Waals surface area contributed by atoms with Crippen molar-refractivity contribution in [2.24, 2.45) is 11.1 Å². The number of amides is 1. The van der Waals surface area contributed by atoms with E-state index in [4.69, 9.17) is 10.5 Å². The molecule has 0 spiro atoms. The molecule has 2 N–H and O–H groups in total. The van der Waals surface area contributed by atoms with Crippen molar-refractivity contribution < 1.29 is 9.53 Å². The lowest BCUT2D eigenvalue weighted by molar-refractivity contribution is -0.147. The summed E-state index contributed by atoms with van der Waals surface area (Å²) in [7, 11) is 1.97. The van der Waals surface area contributed by atoms with Crippen LogP contribution in [0.5, 0.6) is 0 Å². The Morgan fingerprint density at radius 2 is 2.10 bits per heavy atom. The van der Waals surface area contributed by atoms with Crippen LogP contribution in [0.4, 0.5) is 0 Å². The molecule has 0 aromatic rings. The van der Waals surface area contributed by atoms with Crippen LogP contribution in [0.25, 0.3) is 0 Å². The van der Waals surface area contributed by atoms with E-state index in [1.54, 1.807) is 0 Å². The van der Waals surface area contributed by atoms with Crippen molar-refractivity contribution >= 4 is 17.7 Å². The van der Waals surface area contributed by atoms with Gasteiger partial charge in [0.05, 0.1) is 5.41 Å². The van der Waals surface area contributed by atoms with Gasteiger partial charge in [0.15, 0.2) is 0 Å². The van der Waals surface area contributed by atoms with Gasteiger partial charge in [-0.15, -0.1) is 0 Å². The maximum absolute atomic E-state index is 12.9. The van der Waals surface area contributed by atoms with Gasteiger partial charge in [0.1, 0.15) is 0 Å². The van der Waals surface area contributed by atoms with Crippen LogP contribution < -0.4 is 5.73 Å². The summed E-state index contributed by atoms with van der Waals surface area (Å²) in [6.45, 7) is 3.98. The highest BCUT2D eigenvalue weighted by atomic mass is 32.2. The molecular weight excluding hydrogens is 272 g/mol. The number of nitrogens with two attached hydrogens (primary N) is 1. The summed E-state index contributed by atoms with van der Waals surface area (Å²) in [5.41, 5.74) is 5.57. The molecule has 5 heteroatoms. The molecule has 0 aromatic heterocycles. The maximum atomic E-state index is 12.9. The number of nitrogens with zero attached hydrogens (tertiary/aromatic N) is 1. The average Bonchev–Trinajstić information content (AvgIpc) is 2.95. The minimum atomic E-state index is -0.372. The monoisotopic (exact) mass is 300 g/mol. The van der Waals surface area contributed by atoms with Crippen molar-refractivity contribution in [1.29, 1.82) is 0 Å². The first kappa shape index (κ1) is 16.1. The van der Waals surface area contributed by atoms with E-state index in [1.165, 1.54) is 12.2 Å². The summed E-state index contributed by atoms with van der Waals surface area (Å²) in [6, 6.07) is 0.401. The summed E-state index contributed by atoms with van der Waals surface area (Å²) in [5.74, 6) is 1.41. The fourth-order valence-corrected chi connectivity index (χ4v) is 4.60. The van der Waals surface area contributed by atoms with Crippen molar-refractivity contribution in [2.45, 2.75) is 50.3 Å². The van der Waals surface area contributed by atoms with Gasteiger partial charge in [0, 0.05) is 38.1 Å². The Morgan fingerprint density at radius 3 is 2.70 bits per heavy atom. The second-order valence-corrected chi connectivity index (χ2v) is 7.63. The van der Waals surface area contributed by atoms with Gasteiger partial charge in [-0.05, 0) is 37.9 Å². The molecule has 2 atom stereocenters. The van der Waals surface area contributed by atoms with Gasteiger partial charge >= 0.3 is 0 Å². The van der Waals surface area contributed by atoms with Gasteiger partial charge in [-0.2, -0.15) is 11.8 Å². The van der Waals surface area contributed by atoms with E-state index in [9.17, 15) is 4.79 Å². The van der Waals surface area contributed by atoms with Crippen molar-refractivity contribution in [1.82, 2.24) is 4.90 Å². The van der Waals surface area contributed by atoms with Crippen LogP contribution in [-0.2, 0) is 9.53 Å². The Morgan fingerprint density at radius 1 is 1.40 bits per heavy atom. The minimum Gasteiger partial charge on any atom is -0.381 e. The van der Waals surface area contributed by atoms with Gasteiger partial charge in [0.25, 0.3) is 0 Å². The number of rotatable bonds is 5. The molecular formula is C15H28N2O2S. The van der Waals surface area contributed by atoms with E-state index in [0.29, 0.717) is 25.8 Å². The number of thioether (sulfide) groups is 1. The zero-order valence-corrected chi connectivity index (χ0v) is 13.6. The SMILES string of the molecule is CCSC1CCC(N(C)C(=O)C2(CN)CCOCC2)C1. The quantitative estimate of drug-likeness (QED) is 0.842. The fourth-order valence-electron chi connectivity index (χ4n) is 3.46. The van der Waals surface area contributed by atoms with Gasteiger partial charge < -0.3 is 15.4 Å². The van der Waals surface area contributed by atoms with Gasteiger partial charge in [-0.1, -0.05) is 6.92 Å². The van der Waals surface area contributed by atoms with Crippen molar-refractivity contribution in [2.75, 3.05) is 32.6 Å². The topological polar surface area (TPSA) is 55.6 Å². The molecule has 0 aromatic carbocycles. The first-order chi connectivity index (χ1) is 9.63. The zero-order valence-electron chi connectivity index (χ0n) is 12.8. The molecule has 1 heterocycles. The Kier molecular flexibility index (Phi) is 5.75. The maximum Gasteiger partial charge on any atom is 0.230 e. The second-order valence-electron chi connectivity index (χ2n) is 6.06. The Bertz CT molecular complexity index is 332. The molecule has 1 amide bonds. The van der Waals surface area contributed by atoms with Crippen LogP contribution in [0, 0.1) is 5.41 Å². The van der Waals surface area contributed by atoms with Crippen molar-refractivity contribution in [3.05, 3.63) is 0 Å². The molecule has 20 heavy (non-hydrogen) atoms. The van der Waals surface area contributed by atoms with Gasteiger partial charge in [0.2, 0.25) is 5.91 Å². The third kappa shape index (κ3) is 3.31. The highest BCUT2D eigenvalue weighted by Gasteiger charge is 2.43. The summed E-state index contributed by atoms with van der Waals surface area (Å²) in [6.07, 6.45) is 5.05. The van der Waals surface area contributed by atoms with Crippen molar-refractivity contribution in [3.8, 4) is 0 Å². The normalized spacial score (nSPS) is 29.4. The Balaban J connectivity index is 1.97. The molecule has 1 saturated heterocycles. The van der Waals surface area contributed by atoms with E-state index in [0.717, 1.165) is 30.9 Å². The number of hydrogen-bond donors (Lipinski definition) is 1. The molecule has 4 nitrogen and oxygen atoms in total. The molecule has 116 valence electrons. The smallest absolute Gasteiger partial charge is 0.230 e. The van der Waals surface area contributed by atoms with Crippen LogP contribution in [-0.4, -0.2) is 54.7 Å². The van der Waals surface area contributed by atoms with Crippen LogP contribution in [0.3, 0.4) is 0 Å². The third-order valence-electron chi connectivity index (χ3n) is 4.92. The lowest BCUT2D eigenvalue weighted by Gasteiger charge is -2.39. The first-order valence-corrected chi connectivity index (χ1v) is 8.84. The summed E-state index contributed by atoms with van der Waals surface area (Å²) >= 11 is 2.03. The van der Waals surface area contributed by atoms with Crippen LogP contribution >= 0.6 is 11.8 Å². The van der Waals surface area contributed by atoms with E-state index in [-0.39, 0.29) is 11.3 Å². The van der Waals surface area contributed by atoms with Crippen LogP contribution in [0.15, 0.2) is 0 Å². The van der Waals surface area contributed by atoms with Gasteiger partial charge in [-0.25, -0.2) is 0 Å². The molecule has 0 radical (unpaired) electrons. The fraction of sp³-hybridized carbons (Fsp3) is 0.933.